The molecule has 0 spiro atoms. The molecule has 5 heteroatoms. The number of nitrogens with zero attached hydrogens (tertiary/aromatic N) is 1. The SMILES string of the molecule is Cc1cccc([N+](=O)[O-])c1OCCC=O. The van der Waals surface area contributed by atoms with Gasteiger partial charge in [-0.1, -0.05) is 12.1 Å². The summed E-state index contributed by atoms with van der Waals surface area (Å²) in [4.78, 5) is 20.3. The zero-order chi connectivity index (χ0) is 11.3. The molecule has 0 saturated heterocycles. The molecule has 0 aliphatic carbocycles. The second-order valence-corrected chi connectivity index (χ2v) is 2.98. The number of rotatable bonds is 5. The van der Waals surface area contributed by atoms with Crippen molar-refractivity contribution in [3.8, 4) is 5.75 Å². The van der Waals surface area contributed by atoms with E-state index in [1.807, 2.05) is 0 Å². The molecule has 0 aliphatic rings. The van der Waals surface area contributed by atoms with Gasteiger partial charge in [-0.2, -0.15) is 0 Å². The number of hydrogen-bond donors (Lipinski definition) is 0. The molecule has 0 N–H and O–H groups in total. The van der Waals surface area contributed by atoms with Crippen molar-refractivity contribution >= 4 is 12.0 Å². The summed E-state index contributed by atoms with van der Waals surface area (Å²) in [5, 5.41) is 10.7. The fourth-order valence-corrected chi connectivity index (χ4v) is 1.18. The summed E-state index contributed by atoms with van der Waals surface area (Å²) < 4.78 is 5.20. The summed E-state index contributed by atoms with van der Waals surface area (Å²) in [5.41, 5.74) is 0.621. The van der Waals surface area contributed by atoms with Crippen molar-refractivity contribution in [3.05, 3.63) is 33.9 Å². The first-order valence-corrected chi connectivity index (χ1v) is 4.47. The van der Waals surface area contributed by atoms with Gasteiger partial charge in [0.25, 0.3) is 0 Å². The van der Waals surface area contributed by atoms with Gasteiger partial charge in [-0.05, 0) is 12.5 Å². The van der Waals surface area contributed by atoms with E-state index < -0.39 is 4.92 Å². The Balaban J connectivity index is 2.92. The molecular weight excluding hydrogens is 198 g/mol. The van der Waals surface area contributed by atoms with Gasteiger partial charge in [-0.25, -0.2) is 0 Å². The van der Waals surface area contributed by atoms with E-state index >= 15 is 0 Å². The summed E-state index contributed by atoms with van der Waals surface area (Å²) in [7, 11) is 0. The summed E-state index contributed by atoms with van der Waals surface area (Å²) in [6.45, 7) is 1.89. The van der Waals surface area contributed by atoms with Gasteiger partial charge in [0.2, 0.25) is 0 Å². The van der Waals surface area contributed by atoms with Crippen LogP contribution in [0.25, 0.3) is 0 Å². The van der Waals surface area contributed by atoms with Crippen molar-refractivity contribution < 1.29 is 14.5 Å². The van der Waals surface area contributed by atoms with Crippen LogP contribution in [0.2, 0.25) is 0 Å². The topological polar surface area (TPSA) is 69.4 Å². The van der Waals surface area contributed by atoms with Crippen LogP contribution in [0, 0.1) is 17.0 Å². The highest BCUT2D eigenvalue weighted by Crippen LogP contribution is 2.30. The molecule has 0 unspecified atom stereocenters. The molecule has 1 rings (SSSR count). The maximum Gasteiger partial charge on any atom is 0.311 e. The molecule has 0 radical (unpaired) electrons. The average molecular weight is 209 g/mol. The number of benzene rings is 1. The molecule has 5 nitrogen and oxygen atoms in total. The molecule has 1 aromatic carbocycles. The number of carbonyl (C=O) groups excluding carboxylic acids is 1. The Morgan fingerprint density at radius 2 is 2.27 bits per heavy atom. The number of aryl methyl sites for hydroxylation is 1. The Kier molecular flexibility index (Phi) is 3.79. The zero-order valence-electron chi connectivity index (χ0n) is 8.30. The van der Waals surface area contributed by atoms with E-state index in [2.05, 4.69) is 0 Å². The Labute approximate surface area is 86.8 Å². The number of aldehydes is 1. The lowest BCUT2D eigenvalue weighted by Crippen LogP contribution is -2.02. The average Bonchev–Trinajstić information content (AvgIpc) is 2.20. The van der Waals surface area contributed by atoms with Crippen molar-refractivity contribution in [2.24, 2.45) is 0 Å². The van der Waals surface area contributed by atoms with Crippen LogP contribution in [0.5, 0.6) is 5.75 Å². The second-order valence-electron chi connectivity index (χ2n) is 2.98. The number of nitro groups is 1. The van der Waals surface area contributed by atoms with Gasteiger partial charge >= 0.3 is 5.69 Å². The minimum Gasteiger partial charge on any atom is -0.486 e. The van der Waals surface area contributed by atoms with Crippen molar-refractivity contribution in [2.75, 3.05) is 6.61 Å². The summed E-state index contributed by atoms with van der Waals surface area (Å²) >= 11 is 0. The molecule has 0 bridgehead atoms. The van der Waals surface area contributed by atoms with Gasteiger partial charge < -0.3 is 9.53 Å². The van der Waals surface area contributed by atoms with Crippen LogP contribution in [0.3, 0.4) is 0 Å². The van der Waals surface area contributed by atoms with Crippen LogP contribution in [0.4, 0.5) is 5.69 Å². The fraction of sp³-hybridized carbons (Fsp3) is 0.300. The van der Waals surface area contributed by atoms with E-state index in [1.54, 1.807) is 19.1 Å². The Bertz CT molecular complexity index is 376. The van der Waals surface area contributed by atoms with Crippen LogP contribution in [0.1, 0.15) is 12.0 Å². The number of nitro benzene ring substituents is 1. The minimum atomic E-state index is -0.497. The van der Waals surface area contributed by atoms with Crippen LogP contribution in [-0.4, -0.2) is 17.8 Å². The molecule has 0 atom stereocenters. The highest BCUT2D eigenvalue weighted by Gasteiger charge is 2.16. The number of para-hydroxylation sites is 1. The molecule has 0 aromatic heterocycles. The van der Waals surface area contributed by atoms with E-state index in [0.717, 1.165) is 0 Å². The van der Waals surface area contributed by atoms with Crippen LogP contribution < -0.4 is 4.74 Å². The van der Waals surface area contributed by atoms with Crippen molar-refractivity contribution in [2.45, 2.75) is 13.3 Å². The van der Waals surface area contributed by atoms with Crippen molar-refractivity contribution in [3.63, 3.8) is 0 Å². The van der Waals surface area contributed by atoms with Crippen molar-refractivity contribution in [1.82, 2.24) is 0 Å². The maximum absolute atomic E-state index is 10.7. The molecule has 0 aliphatic heterocycles. The van der Waals surface area contributed by atoms with Crippen molar-refractivity contribution in [1.29, 1.82) is 0 Å². The smallest absolute Gasteiger partial charge is 0.311 e. The molecule has 1 aromatic rings. The normalized spacial score (nSPS) is 9.67. The lowest BCUT2D eigenvalue weighted by molar-refractivity contribution is -0.385. The summed E-state index contributed by atoms with van der Waals surface area (Å²) in [6, 6.07) is 4.70. The highest BCUT2D eigenvalue weighted by atomic mass is 16.6. The van der Waals surface area contributed by atoms with E-state index in [4.69, 9.17) is 4.74 Å². The standard InChI is InChI=1S/C10H11NO4/c1-8-4-2-5-9(11(13)14)10(8)15-7-3-6-12/h2,4-6H,3,7H2,1H3. The molecule has 0 heterocycles. The zero-order valence-corrected chi connectivity index (χ0v) is 8.30. The van der Waals surface area contributed by atoms with Crippen LogP contribution in [0.15, 0.2) is 18.2 Å². The van der Waals surface area contributed by atoms with Crippen LogP contribution >= 0.6 is 0 Å². The predicted octanol–water partition coefficient (Wildman–Crippen LogP) is 1.87. The Morgan fingerprint density at radius 3 is 2.87 bits per heavy atom. The highest BCUT2D eigenvalue weighted by molar-refractivity contribution is 5.52. The maximum atomic E-state index is 10.7. The first-order chi connectivity index (χ1) is 7.16. The van der Waals surface area contributed by atoms with E-state index in [9.17, 15) is 14.9 Å². The van der Waals surface area contributed by atoms with Gasteiger partial charge in [0.05, 0.1) is 11.5 Å². The molecule has 15 heavy (non-hydrogen) atoms. The predicted molar refractivity (Wildman–Crippen MR) is 54.0 cm³/mol. The molecule has 0 fully saturated rings. The Morgan fingerprint density at radius 1 is 1.53 bits per heavy atom. The number of hydrogen-bond acceptors (Lipinski definition) is 4. The Hall–Kier alpha value is -1.91. The molecule has 80 valence electrons. The monoisotopic (exact) mass is 209 g/mol. The van der Waals surface area contributed by atoms with Crippen LogP contribution in [-0.2, 0) is 4.79 Å². The van der Waals surface area contributed by atoms with Gasteiger partial charge in [-0.15, -0.1) is 0 Å². The van der Waals surface area contributed by atoms with Gasteiger partial charge in [0, 0.05) is 12.5 Å². The first-order valence-electron chi connectivity index (χ1n) is 4.47. The van der Waals surface area contributed by atoms with E-state index in [1.165, 1.54) is 6.07 Å². The van der Waals surface area contributed by atoms with E-state index in [0.29, 0.717) is 11.8 Å². The second kappa shape index (κ2) is 5.09. The number of carbonyl (C=O) groups is 1. The molecule has 0 amide bonds. The molecular formula is C10H11NO4. The third kappa shape index (κ3) is 2.77. The number of ether oxygens (including phenoxy) is 1. The van der Waals surface area contributed by atoms with Gasteiger partial charge in [0.15, 0.2) is 5.75 Å². The first kappa shape index (κ1) is 11.2. The lowest BCUT2D eigenvalue weighted by Gasteiger charge is -2.07. The van der Waals surface area contributed by atoms with Gasteiger partial charge in [-0.3, -0.25) is 10.1 Å². The van der Waals surface area contributed by atoms with E-state index in [-0.39, 0.29) is 24.5 Å². The quantitative estimate of drug-likeness (QED) is 0.321. The third-order valence-corrected chi connectivity index (χ3v) is 1.87. The van der Waals surface area contributed by atoms with Gasteiger partial charge in [0.1, 0.15) is 6.29 Å². The minimum absolute atomic E-state index is 0.0686. The fourth-order valence-electron chi connectivity index (χ4n) is 1.18. The summed E-state index contributed by atoms with van der Waals surface area (Å²) in [5.74, 6) is 0.240. The largest absolute Gasteiger partial charge is 0.486 e. The molecule has 0 saturated carbocycles. The lowest BCUT2D eigenvalue weighted by atomic mass is 10.2. The third-order valence-electron chi connectivity index (χ3n) is 1.87. The summed E-state index contributed by atoms with van der Waals surface area (Å²) in [6.07, 6.45) is 0.940.